The van der Waals surface area contributed by atoms with Gasteiger partial charge in [-0.15, -0.1) is 11.3 Å². The van der Waals surface area contributed by atoms with Crippen molar-refractivity contribution in [3.8, 4) is 0 Å². The van der Waals surface area contributed by atoms with E-state index < -0.39 is 0 Å². The van der Waals surface area contributed by atoms with Gasteiger partial charge >= 0.3 is 0 Å². The summed E-state index contributed by atoms with van der Waals surface area (Å²) in [4.78, 5) is 3.03. The topological polar surface area (TPSA) is 29.9 Å². The van der Waals surface area contributed by atoms with Gasteiger partial charge in [0.15, 0.2) is 0 Å². The van der Waals surface area contributed by atoms with Crippen LogP contribution in [0.25, 0.3) is 0 Å². The molecule has 5 heteroatoms. The van der Waals surface area contributed by atoms with Crippen molar-refractivity contribution in [2.45, 2.75) is 31.6 Å². The number of aryl methyl sites for hydroxylation is 2. The molecule has 3 heterocycles. The lowest BCUT2D eigenvalue weighted by molar-refractivity contribution is 0.605. The summed E-state index contributed by atoms with van der Waals surface area (Å²) in [5, 5.41) is 8.00. The lowest BCUT2D eigenvalue weighted by Gasteiger charge is -2.15. The molecule has 0 aliphatic carbocycles. The monoisotopic (exact) mass is 307 g/mol. The Labute approximate surface area is 128 Å². The molecule has 3 nitrogen and oxygen atoms in total. The van der Waals surface area contributed by atoms with E-state index in [0.29, 0.717) is 6.04 Å². The second kappa shape index (κ2) is 6.33. The van der Waals surface area contributed by atoms with Crippen LogP contribution >= 0.6 is 23.1 Å². The number of nitrogens with one attached hydrogen (secondary N) is 1. The standard InChI is InChI=1S/C15H21N3S2/c1-3-5-16-15(12-8-17-18(2)9-12)14-7-11-10-19-6-4-13(11)20-14/h7-9,15-16H,3-6,10H2,1-2H3. The lowest BCUT2D eigenvalue weighted by atomic mass is 10.1. The van der Waals surface area contributed by atoms with E-state index in [9.17, 15) is 0 Å². The third kappa shape index (κ3) is 2.95. The van der Waals surface area contributed by atoms with Gasteiger partial charge in [0.2, 0.25) is 0 Å². The van der Waals surface area contributed by atoms with Gasteiger partial charge in [-0.1, -0.05) is 6.92 Å². The van der Waals surface area contributed by atoms with Gasteiger partial charge in [0.25, 0.3) is 0 Å². The number of rotatable bonds is 5. The first-order chi connectivity index (χ1) is 9.78. The Morgan fingerprint density at radius 2 is 2.40 bits per heavy atom. The van der Waals surface area contributed by atoms with Gasteiger partial charge < -0.3 is 5.32 Å². The van der Waals surface area contributed by atoms with Crippen LogP contribution in [0.2, 0.25) is 0 Å². The summed E-state index contributed by atoms with van der Waals surface area (Å²) in [7, 11) is 1.98. The number of aromatic nitrogens is 2. The summed E-state index contributed by atoms with van der Waals surface area (Å²) in [6.45, 7) is 3.25. The predicted octanol–water partition coefficient (Wildman–Crippen LogP) is 3.36. The Kier molecular flexibility index (Phi) is 4.48. The quantitative estimate of drug-likeness (QED) is 0.918. The molecule has 20 heavy (non-hydrogen) atoms. The van der Waals surface area contributed by atoms with Gasteiger partial charge in [-0.3, -0.25) is 4.68 Å². The number of hydrogen-bond donors (Lipinski definition) is 1. The number of thiophene rings is 1. The highest BCUT2D eigenvalue weighted by Crippen LogP contribution is 2.36. The molecule has 2 aromatic heterocycles. The SMILES string of the molecule is CCCNC(c1cnn(C)c1)c1cc2c(s1)CCSC2. The summed E-state index contributed by atoms with van der Waals surface area (Å²) in [6.07, 6.45) is 6.50. The highest BCUT2D eigenvalue weighted by atomic mass is 32.2. The number of thioether (sulfide) groups is 1. The molecule has 0 spiro atoms. The second-order valence-electron chi connectivity index (χ2n) is 5.23. The van der Waals surface area contributed by atoms with Crippen LogP contribution in [0.5, 0.6) is 0 Å². The zero-order chi connectivity index (χ0) is 13.9. The maximum atomic E-state index is 4.33. The molecule has 0 fully saturated rings. The van der Waals surface area contributed by atoms with Crippen molar-refractivity contribution in [1.82, 2.24) is 15.1 Å². The van der Waals surface area contributed by atoms with Gasteiger partial charge in [0, 0.05) is 34.3 Å². The summed E-state index contributed by atoms with van der Waals surface area (Å²) in [5.74, 6) is 2.45. The summed E-state index contributed by atoms with van der Waals surface area (Å²) >= 11 is 4.04. The van der Waals surface area contributed by atoms with Crippen molar-refractivity contribution in [1.29, 1.82) is 0 Å². The number of fused-ring (bicyclic) bond motifs is 1. The minimum atomic E-state index is 0.296. The molecular formula is C15H21N3S2. The molecule has 3 rings (SSSR count). The molecule has 0 saturated carbocycles. The van der Waals surface area contributed by atoms with Crippen molar-refractivity contribution >= 4 is 23.1 Å². The van der Waals surface area contributed by atoms with Gasteiger partial charge in [-0.05, 0) is 36.8 Å². The molecule has 1 unspecified atom stereocenters. The number of nitrogens with zero attached hydrogens (tertiary/aromatic N) is 2. The fraction of sp³-hybridized carbons (Fsp3) is 0.533. The van der Waals surface area contributed by atoms with Crippen LogP contribution in [0.3, 0.4) is 0 Å². The third-order valence-electron chi connectivity index (χ3n) is 3.59. The van der Waals surface area contributed by atoms with Crippen LogP contribution in [0.1, 0.15) is 40.3 Å². The van der Waals surface area contributed by atoms with Gasteiger partial charge in [0.05, 0.1) is 12.2 Å². The number of hydrogen-bond acceptors (Lipinski definition) is 4. The first kappa shape index (κ1) is 14.2. The fourth-order valence-corrected chi connectivity index (χ4v) is 5.05. The maximum absolute atomic E-state index is 4.33. The van der Waals surface area contributed by atoms with Crippen molar-refractivity contribution in [2.24, 2.45) is 7.05 Å². The molecule has 1 atom stereocenters. The molecule has 0 bridgehead atoms. The summed E-state index contributed by atoms with van der Waals surface area (Å²) in [6, 6.07) is 2.70. The van der Waals surface area contributed by atoms with E-state index in [1.54, 1.807) is 10.4 Å². The molecule has 1 N–H and O–H groups in total. The average molecular weight is 307 g/mol. The Morgan fingerprint density at radius 3 is 3.10 bits per heavy atom. The molecule has 0 saturated heterocycles. The van der Waals surface area contributed by atoms with Crippen molar-refractivity contribution in [3.63, 3.8) is 0 Å². The molecule has 1 aliphatic rings. The second-order valence-corrected chi connectivity index (χ2v) is 7.51. The van der Waals surface area contributed by atoms with Crippen LogP contribution in [0.15, 0.2) is 18.5 Å². The minimum Gasteiger partial charge on any atom is -0.306 e. The highest BCUT2D eigenvalue weighted by Gasteiger charge is 2.21. The summed E-state index contributed by atoms with van der Waals surface area (Å²) < 4.78 is 1.89. The largest absolute Gasteiger partial charge is 0.306 e. The predicted molar refractivity (Wildman–Crippen MR) is 87.5 cm³/mol. The van der Waals surface area contributed by atoms with E-state index in [1.807, 2.05) is 29.3 Å². The van der Waals surface area contributed by atoms with Crippen molar-refractivity contribution in [2.75, 3.05) is 12.3 Å². The molecule has 0 aromatic carbocycles. The first-order valence-corrected chi connectivity index (χ1v) is 9.16. The average Bonchev–Trinajstić information content (AvgIpc) is 3.05. The summed E-state index contributed by atoms with van der Waals surface area (Å²) in [5.41, 5.74) is 2.82. The van der Waals surface area contributed by atoms with Crippen LogP contribution in [0, 0.1) is 0 Å². The fourth-order valence-electron chi connectivity index (χ4n) is 2.57. The van der Waals surface area contributed by atoms with Crippen LogP contribution in [-0.4, -0.2) is 22.1 Å². The van der Waals surface area contributed by atoms with Crippen LogP contribution < -0.4 is 5.32 Å². The Hall–Kier alpha value is -0.780. The van der Waals surface area contributed by atoms with E-state index in [2.05, 4.69) is 41.4 Å². The van der Waals surface area contributed by atoms with E-state index in [0.717, 1.165) is 13.0 Å². The van der Waals surface area contributed by atoms with E-state index in [4.69, 9.17) is 0 Å². The zero-order valence-electron chi connectivity index (χ0n) is 12.1. The zero-order valence-corrected chi connectivity index (χ0v) is 13.7. The van der Waals surface area contributed by atoms with Crippen molar-refractivity contribution < 1.29 is 0 Å². The Morgan fingerprint density at radius 1 is 1.50 bits per heavy atom. The van der Waals surface area contributed by atoms with E-state index in [1.165, 1.54) is 28.4 Å². The molecule has 0 radical (unpaired) electrons. The Balaban J connectivity index is 1.90. The highest BCUT2D eigenvalue weighted by molar-refractivity contribution is 7.98. The first-order valence-electron chi connectivity index (χ1n) is 7.19. The Bertz CT molecular complexity index is 550. The van der Waals surface area contributed by atoms with Crippen LogP contribution in [-0.2, 0) is 19.2 Å². The molecule has 0 amide bonds. The van der Waals surface area contributed by atoms with E-state index in [-0.39, 0.29) is 0 Å². The van der Waals surface area contributed by atoms with Crippen molar-refractivity contribution in [3.05, 3.63) is 39.3 Å². The van der Waals surface area contributed by atoms with Gasteiger partial charge in [-0.25, -0.2) is 0 Å². The normalized spacial score (nSPS) is 16.1. The molecule has 108 valence electrons. The van der Waals surface area contributed by atoms with Gasteiger partial charge in [-0.2, -0.15) is 16.9 Å². The van der Waals surface area contributed by atoms with E-state index >= 15 is 0 Å². The smallest absolute Gasteiger partial charge is 0.0702 e. The lowest BCUT2D eigenvalue weighted by Crippen LogP contribution is -2.22. The molecular weight excluding hydrogens is 286 g/mol. The minimum absolute atomic E-state index is 0.296. The van der Waals surface area contributed by atoms with Gasteiger partial charge in [0.1, 0.15) is 0 Å². The maximum Gasteiger partial charge on any atom is 0.0702 e. The van der Waals surface area contributed by atoms with Crippen LogP contribution in [0.4, 0.5) is 0 Å². The third-order valence-corrected chi connectivity index (χ3v) is 5.90. The molecule has 2 aromatic rings. The molecule has 1 aliphatic heterocycles.